The van der Waals surface area contributed by atoms with E-state index < -0.39 is 35.6 Å². The van der Waals surface area contributed by atoms with Gasteiger partial charge < -0.3 is 30.1 Å². The van der Waals surface area contributed by atoms with Crippen molar-refractivity contribution in [1.29, 1.82) is 0 Å². The first-order chi connectivity index (χ1) is 20.8. The minimum absolute atomic E-state index is 0.0604. The molecule has 44 heavy (non-hydrogen) atoms. The second kappa shape index (κ2) is 19.2. The Balaban J connectivity index is 0.00000146. The van der Waals surface area contributed by atoms with Crippen molar-refractivity contribution in [2.45, 2.75) is 59.2 Å². The van der Waals surface area contributed by atoms with Gasteiger partial charge in [-0.1, -0.05) is 39.8 Å². The number of carboxylic acid groups (broad SMARTS) is 2. The molecule has 2 aromatic rings. The maximum absolute atomic E-state index is 13.4. The molecular weight excluding hydrogens is 583 g/mol. The molecule has 0 aliphatic heterocycles. The van der Waals surface area contributed by atoms with Crippen molar-refractivity contribution in [1.82, 2.24) is 15.1 Å². The van der Waals surface area contributed by atoms with Gasteiger partial charge in [-0.25, -0.2) is 9.59 Å². The minimum atomic E-state index is -4.49. The standard InChI is InChI=1S/C29H40F3N3O3.C2H2O4/c1-5-17-35(18-6-2)28(37)26(33-27(36)23-11-13-24(14-12-23)29(30,31)32)21-22-9-15-25(16-10-22)38-20-19-34(7-3)8-4;3-1(4)2(5)6/h9-16,26H,5-8,17-21H2,1-4H3,(H,33,36);(H,3,4)(H,5,6). The Labute approximate surface area is 255 Å². The van der Waals surface area contributed by atoms with E-state index in [1.165, 1.54) is 0 Å². The van der Waals surface area contributed by atoms with Crippen LogP contribution < -0.4 is 10.1 Å². The average Bonchev–Trinajstić information content (AvgIpc) is 2.99. The summed E-state index contributed by atoms with van der Waals surface area (Å²) in [5.41, 5.74) is 0.0588. The number of carbonyl (C=O) groups is 4. The predicted molar refractivity (Wildman–Crippen MR) is 159 cm³/mol. The van der Waals surface area contributed by atoms with Crippen LogP contribution in [0.1, 0.15) is 62.0 Å². The highest BCUT2D eigenvalue weighted by Crippen LogP contribution is 2.29. The lowest BCUT2D eigenvalue weighted by Crippen LogP contribution is -2.50. The number of nitrogens with zero attached hydrogens (tertiary/aromatic N) is 2. The van der Waals surface area contributed by atoms with E-state index in [2.05, 4.69) is 24.1 Å². The van der Waals surface area contributed by atoms with Crippen molar-refractivity contribution in [2.24, 2.45) is 0 Å². The molecule has 2 amide bonds. The fourth-order valence-electron chi connectivity index (χ4n) is 4.13. The van der Waals surface area contributed by atoms with Gasteiger partial charge in [-0.05, 0) is 67.9 Å². The minimum Gasteiger partial charge on any atom is -0.492 e. The summed E-state index contributed by atoms with van der Waals surface area (Å²) in [7, 11) is 0. The molecule has 0 fully saturated rings. The van der Waals surface area contributed by atoms with Gasteiger partial charge in [0.2, 0.25) is 5.91 Å². The predicted octanol–water partition coefficient (Wildman–Crippen LogP) is 4.57. The van der Waals surface area contributed by atoms with E-state index in [1.54, 1.807) is 4.90 Å². The molecule has 2 rings (SSSR count). The smallest absolute Gasteiger partial charge is 0.416 e. The molecule has 0 aromatic heterocycles. The molecule has 0 saturated carbocycles. The molecule has 0 heterocycles. The maximum atomic E-state index is 13.4. The van der Waals surface area contributed by atoms with Gasteiger partial charge in [-0.3, -0.25) is 9.59 Å². The molecule has 1 unspecified atom stereocenters. The number of amides is 2. The lowest BCUT2D eigenvalue weighted by atomic mass is 10.0. The lowest BCUT2D eigenvalue weighted by molar-refractivity contribution is -0.159. The van der Waals surface area contributed by atoms with Crippen LogP contribution in [0.5, 0.6) is 5.75 Å². The number of likely N-dealkylation sites (N-methyl/N-ethyl adjacent to an activating group) is 1. The molecule has 2 aromatic carbocycles. The summed E-state index contributed by atoms with van der Waals surface area (Å²) in [5.74, 6) is -3.74. The Kier molecular flexibility index (Phi) is 16.5. The zero-order chi connectivity index (χ0) is 33.3. The first-order valence-corrected chi connectivity index (χ1v) is 14.4. The quantitative estimate of drug-likeness (QED) is 0.245. The molecule has 13 heteroatoms. The van der Waals surface area contributed by atoms with Gasteiger partial charge in [0.05, 0.1) is 5.56 Å². The van der Waals surface area contributed by atoms with Crippen LogP contribution >= 0.6 is 0 Å². The molecule has 3 N–H and O–H groups in total. The highest BCUT2D eigenvalue weighted by Gasteiger charge is 2.31. The third kappa shape index (κ3) is 13.4. The molecule has 0 saturated heterocycles. The summed E-state index contributed by atoms with van der Waals surface area (Å²) in [6, 6.07) is 10.5. The van der Waals surface area contributed by atoms with Crippen LogP contribution in [-0.4, -0.2) is 89.1 Å². The Bertz CT molecular complexity index is 1170. The number of hydrogen-bond donors (Lipinski definition) is 3. The summed E-state index contributed by atoms with van der Waals surface area (Å²) in [6.45, 7) is 12.6. The van der Waals surface area contributed by atoms with Crippen LogP contribution in [0.3, 0.4) is 0 Å². The number of rotatable bonds is 15. The lowest BCUT2D eigenvalue weighted by Gasteiger charge is -2.27. The summed E-state index contributed by atoms with van der Waals surface area (Å²) in [6.07, 6.45) is -2.71. The molecule has 244 valence electrons. The largest absolute Gasteiger partial charge is 0.492 e. The van der Waals surface area contributed by atoms with Crippen LogP contribution in [0, 0.1) is 0 Å². The van der Waals surface area contributed by atoms with E-state index >= 15 is 0 Å². The van der Waals surface area contributed by atoms with E-state index in [4.69, 9.17) is 24.5 Å². The van der Waals surface area contributed by atoms with Gasteiger partial charge in [0.15, 0.2) is 0 Å². The molecule has 1 atom stereocenters. The van der Waals surface area contributed by atoms with E-state index in [-0.39, 0.29) is 17.9 Å². The van der Waals surface area contributed by atoms with Gasteiger partial charge in [0.25, 0.3) is 5.91 Å². The number of benzene rings is 2. The SMILES string of the molecule is CCCN(CCC)C(=O)C(Cc1ccc(OCCN(CC)CC)cc1)NC(=O)c1ccc(C(F)(F)F)cc1.O=C(O)C(=O)O. The van der Waals surface area contributed by atoms with Gasteiger partial charge in [-0.2, -0.15) is 13.2 Å². The van der Waals surface area contributed by atoms with E-state index in [9.17, 15) is 22.8 Å². The normalized spacial score (nSPS) is 11.6. The van der Waals surface area contributed by atoms with E-state index in [0.29, 0.717) is 19.7 Å². The molecule has 0 bridgehead atoms. The molecule has 0 aliphatic rings. The van der Waals surface area contributed by atoms with Crippen molar-refractivity contribution in [2.75, 3.05) is 39.3 Å². The fraction of sp³-hybridized carbons (Fsp3) is 0.484. The molecule has 0 aliphatic carbocycles. The van der Waals surface area contributed by atoms with Crippen LogP contribution in [0.25, 0.3) is 0 Å². The fourth-order valence-corrected chi connectivity index (χ4v) is 4.13. The summed E-state index contributed by atoms with van der Waals surface area (Å²) in [5, 5.41) is 17.5. The Hall–Kier alpha value is -4.13. The van der Waals surface area contributed by atoms with Gasteiger partial charge >= 0.3 is 18.1 Å². The number of carboxylic acids is 2. The summed E-state index contributed by atoms with van der Waals surface area (Å²) < 4.78 is 44.6. The van der Waals surface area contributed by atoms with Gasteiger partial charge in [-0.15, -0.1) is 0 Å². The number of ether oxygens (including phenoxy) is 1. The summed E-state index contributed by atoms with van der Waals surface area (Å²) >= 11 is 0. The number of halogens is 3. The van der Waals surface area contributed by atoms with Crippen LogP contribution in [-0.2, 0) is 27.0 Å². The second-order valence-corrected chi connectivity index (χ2v) is 9.76. The average molecular weight is 626 g/mol. The van der Waals surface area contributed by atoms with Crippen molar-refractivity contribution < 1.29 is 47.3 Å². The number of hydrogen-bond acceptors (Lipinski definition) is 6. The topological polar surface area (TPSA) is 136 Å². The van der Waals surface area contributed by atoms with Crippen molar-refractivity contribution in [3.8, 4) is 5.75 Å². The number of nitrogens with one attached hydrogen (secondary N) is 1. The van der Waals surface area contributed by atoms with Crippen molar-refractivity contribution in [3.05, 3.63) is 65.2 Å². The highest BCUT2D eigenvalue weighted by atomic mass is 19.4. The van der Waals surface area contributed by atoms with Crippen LogP contribution in [0.15, 0.2) is 48.5 Å². The van der Waals surface area contributed by atoms with Crippen molar-refractivity contribution in [3.63, 3.8) is 0 Å². The van der Waals surface area contributed by atoms with Crippen LogP contribution in [0.4, 0.5) is 13.2 Å². The molecular formula is C31H42F3N3O7. The Morgan fingerprint density at radius 2 is 1.34 bits per heavy atom. The Morgan fingerprint density at radius 1 is 0.818 bits per heavy atom. The monoisotopic (exact) mass is 625 g/mol. The third-order valence-electron chi connectivity index (χ3n) is 6.49. The number of alkyl halides is 3. The first kappa shape index (κ1) is 37.9. The molecule has 0 spiro atoms. The van der Waals surface area contributed by atoms with E-state index in [0.717, 1.165) is 68.1 Å². The number of carbonyl (C=O) groups excluding carboxylic acids is 2. The van der Waals surface area contributed by atoms with Gasteiger partial charge in [0, 0.05) is 31.6 Å². The molecule has 0 radical (unpaired) electrons. The first-order valence-electron chi connectivity index (χ1n) is 14.4. The number of aliphatic carboxylic acids is 2. The van der Waals surface area contributed by atoms with Gasteiger partial charge in [0.1, 0.15) is 18.4 Å². The van der Waals surface area contributed by atoms with Crippen molar-refractivity contribution >= 4 is 23.8 Å². The molecule has 10 nitrogen and oxygen atoms in total. The zero-order valence-corrected chi connectivity index (χ0v) is 25.5. The van der Waals surface area contributed by atoms with E-state index in [1.807, 2.05) is 38.1 Å². The zero-order valence-electron chi connectivity index (χ0n) is 25.5. The maximum Gasteiger partial charge on any atom is 0.416 e. The highest BCUT2D eigenvalue weighted by molar-refractivity contribution is 6.27. The van der Waals surface area contributed by atoms with Crippen LogP contribution in [0.2, 0.25) is 0 Å². The Morgan fingerprint density at radius 3 is 1.77 bits per heavy atom. The summed E-state index contributed by atoms with van der Waals surface area (Å²) in [4.78, 5) is 48.6. The third-order valence-corrected chi connectivity index (χ3v) is 6.49. The second-order valence-electron chi connectivity index (χ2n) is 9.76.